The maximum atomic E-state index is 13.7. The predicted octanol–water partition coefficient (Wildman–Crippen LogP) is 11.0. The Morgan fingerprint density at radius 3 is 1.96 bits per heavy atom. The van der Waals surface area contributed by atoms with E-state index in [-0.39, 0.29) is 27.4 Å². The zero-order valence-corrected chi connectivity index (χ0v) is 51.7. The van der Waals surface area contributed by atoms with Crippen LogP contribution in [-0.2, 0) is 54.6 Å². The third kappa shape index (κ3) is 20.7. The Morgan fingerprint density at radius 1 is 0.768 bits per heavy atom. The fraction of sp³-hybridized carbons (Fsp3) is 0.500. The highest BCUT2D eigenvalue weighted by atomic mass is 35.5. The van der Waals surface area contributed by atoms with Crippen molar-refractivity contribution < 1.29 is 59.9 Å². The van der Waals surface area contributed by atoms with Crippen molar-refractivity contribution in [3.63, 3.8) is 0 Å². The van der Waals surface area contributed by atoms with Gasteiger partial charge in [0.25, 0.3) is 5.91 Å². The maximum Gasteiger partial charge on any atom is 0.510 e. The van der Waals surface area contributed by atoms with Gasteiger partial charge in [-0.15, -0.1) is 11.8 Å². The number of allylic oxidation sites excluding steroid dienone is 1. The molecule has 2 heterocycles. The number of rotatable bonds is 27. The molecule has 1 aliphatic carbocycles. The van der Waals surface area contributed by atoms with Gasteiger partial charge in [-0.25, -0.2) is 18.0 Å². The summed E-state index contributed by atoms with van der Waals surface area (Å²) in [6, 6.07) is 29.9. The largest absolute Gasteiger partial charge is 0.510 e. The first-order valence-electron chi connectivity index (χ1n) is 27.7. The van der Waals surface area contributed by atoms with E-state index in [4.69, 9.17) is 39.6 Å². The van der Waals surface area contributed by atoms with Gasteiger partial charge in [0.1, 0.15) is 0 Å². The molecule has 3 aliphatic rings. The minimum absolute atomic E-state index is 0.0310. The molecule has 448 valence electrons. The van der Waals surface area contributed by atoms with Crippen LogP contribution in [0.2, 0.25) is 5.02 Å². The highest BCUT2D eigenvalue weighted by Crippen LogP contribution is 2.48. The second kappa shape index (κ2) is 31.3. The van der Waals surface area contributed by atoms with E-state index in [1.165, 1.54) is 22.8 Å². The summed E-state index contributed by atoms with van der Waals surface area (Å²) in [6.45, 7) is 18.0. The van der Waals surface area contributed by atoms with E-state index in [1.807, 2.05) is 54.6 Å². The van der Waals surface area contributed by atoms with Gasteiger partial charge in [0, 0.05) is 105 Å². The highest BCUT2D eigenvalue weighted by molar-refractivity contribution is 7.99. The Hall–Kier alpha value is -4.84. The molecule has 7 rings (SSSR count). The number of piperazine rings is 2. The average molecular weight is 1230 g/mol. The van der Waals surface area contributed by atoms with Gasteiger partial charge >= 0.3 is 19.9 Å². The van der Waals surface area contributed by atoms with E-state index in [9.17, 15) is 31.9 Å². The van der Waals surface area contributed by atoms with Crippen LogP contribution in [0.25, 0.3) is 5.57 Å². The van der Waals surface area contributed by atoms with E-state index in [0.717, 1.165) is 67.6 Å². The lowest BCUT2D eigenvalue weighted by atomic mass is 9.73. The number of carbonyl (C=O) groups is 3. The van der Waals surface area contributed by atoms with E-state index in [0.29, 0.717) is 62.7 Å². The first kappa shape index (κ1) is 64.7. The Kier molecular flexibility index (Phi) is 24.7. The first-order valence-corrected chi connectivity index (χ1v) is 33.0. The van der Waals surface area contributed by atoms with Crippen molar-refractivity contribution in [2.45, 2.75) is 100 Å². The van der Waals surface area contributed by atoms with Gasteiger partial charge in [-0.2, -0.15) is 0 Å². The summed E-state index contributed by atoms with van der Waals surface area (Å²) in [5.41, 5.74) is 6.21. The van der Waals surface area contributed by atoms with E-state index in [2.05, 4.69) is 55.6 Å². The van der Waals surface area contributed by atoms with Crippen LogP contribution < -0.4 is 14.9 Å². The standard InChI is InChI=1S/C58H78ClN6O13PS3/c1-42(2)77-56(67)73-40-75-79(69,76-41-74-57(68)78-43(3)4)35-34-63-28-26-62(27-29-63)25-23-48(39-80-50-10-8-7-9-11-50)60-53-21-20-51(36-54(53)82(71)72)81(70)61-55(66)45-14-18-49(19-15-45)65-32-30-64(31-33-65)38-46-37-58(5,6)24-22-52(46)44-12-16-47(59)17-13-44/h7-21,36,42-43,48,60H,22-35,37-41H2,1-6H3,(H,61,66)(H,71,72)/t48-,81?/m1/s1. The van der Waals surface area contributed by atoms with Crippen LogP contribution in [0, 0.1) is 5.41 Å². The highest BCUT2D eigenvalue weighted by Gasteiger charge is 2.32. The Bertz CT molecular complexity index is 2840. The van der Waals surface area contributed by atoms with E-state index < -0.39 is 73.7 Å². The van der Waals surface area contributed by atoms with Crippen LogP contribution in [0.5, 0.6) is 0 Å². The number of hydrogen-bond donors (Lipinski definition) is 3. The van der Waals surface area contributed by atoms with Crippen LogP contribution in [0.1, 0.15) is 83.1 Å². The summed E-state index contributed by atoms with van der Waals surface area (Å²) in [6.07, 6.45) is 0.973. The van der Waals surface area contributed by atoms with Crippen molar-refractivity contribution in [1.82, 2.24) is 19.4 Å². The van der Waals surface area contributed by atoms with Gasteiger partial charge in [-0.05, 0) is 137 Å². The molecule has 0 bridgehead atoms. The van der Waals surface area contributed by atoms with Crippen molar-refractivity contribution in [3.8, 4) is 0 Å². The molecule has 2 saturated heterocycles. The summed E-state index contributed by atoms with van der Waals surface area (Å²) in [5.74, 6) is 0.0858. The van der Waals surface area contributed by atoms with Gasteiger partial charge in [0.05, 0.1) is 33.8 Å². The van der Waals surface area contributed by atoms with Gasteiger partial charge in [0.15, 0.2) is 22.1 Å². The Labute approximate surface area is 496 Å². The number of ether oxygens (including phenoxy) is 4. The molecule has 0 saturated carbocycles. The van der Waals surface area contributed by atoms with Crippen molar-refractivity contribution in [1.29, 1.82) is 0 Å². The zero-order chi connectivity index (χ0) is 58.8. The summed E-state index contributed by atoms with van der Waals surface area (Å²) in [7, 11) is -5.99. The number of carbonyl (C=O) groups excluding carboxylic acids is 3. The quantitative estimate of drug-likeness (QED) is 0.0166. The van der Waals surface area contributed by atoms with Gasteiger partial charge < -0.3 is 43.5 Å². The minimum Gasteiger partial charge on any atom is -0.432 e. The second-order valence-electron chi connectivity index (χ2n) is 21.7. The number of anilines is 2. The number of benzene rings is 4. The third-order valence-electron chi connectivity index (χ3n) is 14.2. The molecule has 2 unspecified atom stereocenters. The van der Waals surface area contributed by atoms with Crippen LogP contribution in [0.4, 0.5) is 21.0 Å². The smallest absolute Gasteiger partial charge is 0.432 e. The lowest BCUT2D eigenvalue weighted by molar-refractivity contribution is -0.0305. The molecule has 3 N–H and O–H groups in total. The van der Waals surface area contributed by atoms with Gasteiger partial charge in [-0.3, -0.25) is 28.0 Å². The third-order valence-corrected chi connectivity index (χ3v) is 19.1. The first-order chi connectivity index (χ1) is 39.2. The van der Waals surface area contributed by atoms with Crippen LogP contribution in [0.3, 0.4) is 0 Å². The molecule has 0 aromatic heterocycles. The number of nitrogens with zero attached hydrogens (tertiary/aromatic N) is 4. The fourth-order valence-corrected chi connectivity index (χ4v) is 13.6. The summed E-state index contributed by atoms with van der Waals surface area (Å²) in [4.78, 5) is 47.8. The maximum absolute atomic E-state index is 13.7. The van der Waals surface area contributed by atoms with Crippen LogP contribution in [0.15, 0.2) is 117 Å². The normalized spacial score (nSPS) is 17.5. The Balaban J connectivity index is 0.906. The van der Waals surface area contributed by atoms with Crippen molar-refractivity contribution in [2.24, 2.45) is 5.41 Å². The molecule has 0 spiro atoms. The lowest BCUT2D eigenvalue weighted by Gasteiger charge is -2.39. The van der Waals surface area contributed by atoms with Crippen molar-refractivity contribution in [2.75, 3.05) is 108 Å². The molecule has 4 aromatic carbocycles. The molecule has 3 atom stereocenters. The number of hydrogen-bond acceptors (Lipinski definition) is 18. The van der Waals surface area contributed by atoms with Crippen molar-refractivity contribution >= 4 is 88.2 Å². The Morgan fingerprint density at radius 2 is 1.37 bits per heavy atom. The molecule has 82 heavy (non-hydrogen) atoms. The molecule has 0 radical (unpaired) electrons. The topological polar surface area (TPSA) is 215 Å². The molecule has 2 fully saturated rings. The van der Waals surface area contributed by atoms with Gasteiger partial charge in [0.2, 0.25) is 13.6 Å². The van der Waals surface area contributed by atoms with E-state index >= 15 is 0 Å². The van der Waals surface area contributed by atoms with Crippen LogP contribution in [-0.4, -0.2) is 162 Å². The summed E-state index contributed by atoms with van der Waals surface area (Å²) >= 11 is 5.41. The summed E-state index contributed by atoms with van der Waals surface area (Å²) in [5, 5.41) is 4.24. The number of thioether (sulfide) groups is 1. The lowest BCUT2D eigenvalue weighted by Crippen LogP contribution is -2.48. The molecule has 1 amide bonds. The molecule has 2 aliphatic heterocycles. The molecule has 4 aromatic rings. The summed E-state index contributed by atoms with van der Waals surface area (Å²) < 4.78 is 84.0. The second-order valence-corrected chi connectivity index (χ2v) is 27.6. The van der Waals surface area contributed by atoms with Crippen LogP contribution >= 0.6 is 31.0 Å². The molecule has 24 heteroatoms. The minimum atomic E-state index is -3.95. The SMILES string of the molecule is CC(C)OC(=O)OCOP(=O)(CCN1CCN(CC[C@H](CSc2ccccc2)Nc2ccc(S(=O)NC(=O)c3ccc(N4CCN(CC5=C(c6ccc(Cl)cc6)CCC(C)(C)C5)CC4)cc3)cc2S(=O)O)CC1)OCOC(=O)OC(C)C. The molecular formula is C58H78ClN6O13PS3. The predicted molar refractivity (Wildman–Crippen MR) is 322 cm³/mol. The average Bonchev–Trinajstić information content (AvgIpc) is 3.65. The monoisotopic (exact) mass is 1230 g/mol. The number of amides is 1. The number of halogens is 1. The number of nitrogens with one attached hydrogen (secondary N) is 2. The molecular weight excluding hydrogens is 1150 g/mol. The molecule has 19 nitrogen and oxygen atoms in total. The van der Waals surface area contributed by atoms with Gasteiger partial charge in [-0.1, -0.05) is 61.4 Å². The zero-order valence-electron chi connectivity index (χ0n) is 47.6. The fourth-order valence-electron chi connectivity index (χ4n) is 9.80. The van der Waals surface area contributed by atoms with E-state index in [1.54, 1.807) is 63.7 Å². The van der Waals surface area contributed by atoms with Crippen molar-refractivity contribution in [3.05, 3.63) is 119 Å².